The van der Waals surface area contributed by atoms with Crippen LogP contribution in [0.1, 0.15) is 43.4 Å². The second-order valence-corrected chi connectivity index (χ2v) is 6.93. The predicted octanol–water partition coefficient (Wildman–Crippen LogP) is 4.31. The summed E-state index contributed by atoms with van der Waals surface area (Å²) in [7, 11) is 0. The summed E-state index contributed by atoms with van der Waals surface area (Å²) in [5, 5.41) is 6.65. The van der Waals surface area contributed by atoms with Crippen molar-refractivity contribution in [2.75, 3.05) is 18.4 Å². The highest BCUT2D eigenvalue weighted by Crippen LogP contribution is 2.20. The number of anilines is 1. The van der Waals surface area contributed by atoms with E-state index in [0.717, 1.165) is 19.5 Å². The van der Waals surface area contributed by atoms with Crippen molar-refractivity contribution >= 4 is 11.7 Å². The summed E-state index contributed by atoms with van der Waals surface area (Å²) in [6.07, 6.45) is 8.39. The van der Waals surface area contributed by atoms with Gasteiger partial charge < -0.3 is 9.84 Å². The van der Waals surface area contributed by atoms with Gasteiger partial charge >= 0.3 is 0 Å². The number of hydrogen-bond acceptors (Lipinski definition) is 4. The average Bonchev–Trinajstić information content (AvgIpc) is 3.06. The number of hydrogen-bond donors (Lipinski definition) is 1. The highest BCUT2D eigenvalue weighted by Gasteiger charge is 2.14. The van der Waals surface area contributed by atoms with Crippen LogP contribution in [0.4, 0.5) is 5.82 Å². The molecule has 1 aliphatic rings. The molecule has 26 heavy (non-hydrogen) atoms. The van der Waals surface area contributed by atoms with E-state index in [9.17, 15) is 4.79 Å². The van der Waals surface area contributed by atoms with E-state index in [4.69, 9.17) is 4.52 Å². The summed E-state index contributed by atoms with van der Waals surface area (Å²) < 4.78 is 5.01. The number of rotatable bonds is 8. The molecule has 0 unspecified atom stereocenters. The minimum Gasteiger partial charge on any atom is -0.360 e. The van der Waals surface area contributed by atoms with E-state index in [2.05, 4.69) is 33.6 Å². The lowest BCUT2D eigenvalue weighted by atomic mass is 9.97. The lowest BCUT2D eigenvalue weighted by Crippen LogP contribution is -2.34. The van der Waals surface area contributed by atoms with Gasteiger partial charge in [-0.25, -0.2) is 0 Å². The zero-order valence-corrected chi connectivity index (χ0v) is 15.4. The van der Waals surface area contributed by atoms with Crippen LogP contribution >= 0.6 is 0 Å². The third kappa shape index (κ3) is 5.85. The van der Waals surface area contributed by atoms with Gasteiger partial charge in [-0.05, 0) is 44.6 Å². The van der Waals surface area contributed by atoms with E-state index in [1.165, 1.54) is 36.8 Å². The van der Waals surface area contributed by atoms with Crippen molar-refractivity contribution in [2.24, 2.45) is 0 Å². The Hall–Kier alpha value is -2.40. The van der Waals surface area contributed by atoms with E-state index >= 15 is 0 Å². The largest absolute Gasteiger partial charge is 0.360 e. The van der Waals surface area contributed by atoms with Gasteiger partial charge in [-0.1, -0.05) is 47.1 Å². The Balaban J connectivity index is 1.59. The Morgan fingerprint density at radius 2 is 2.12 bits per heavy atom. The fraction of sp³-hybridized carbons (Fsp3) is 0.429. The van der Waals surface area contributed by atoms with Gasteiger partial charge in [0.25, 0.3) is 0 Å². The van der Waals surface area contributed by atoms with E-state index in [1.807, 2.05) is 25.1 Å². The maximum atomic E-state index is 12.4. The summed E-state index contributed by atoms with van der Waals surface area (Å²) in [4.78, 5) is 14.6. The summed E-state index contributed by atoms with van der Waals surface area (Å²) in [6.45, 7) is 3.79. The van der Waals surface area contributed by atoms with Crippen LogP contribution in [0, 0.1) is 6.92 Å². The molecule has 0 saturated carbocycles. The molecule has 0 aliphatic heterocycles. The van der Waals surface area contributed by atoms with E-state index in [1.54, 1.807) is 6.07 Å². The molecule has 1 amide bonds. The van der Waals surface area contributed by atoms with Crippen molar-refractivity contribution in [3.05, 3.63) is 59.4 Å². The Kier molecular flexibility index (Phi) is 6.61. The number of nitrogens with one attached hydrogen (secondary N) is 1. The molecule has 0 atom stereocenters. The molecule has 0 fully saturated rings. The molecule has 3 rings (SSSR count). The third-order valence-corrected chi connectivity index (χ3v) is 4.65. The Labute approximate surface area is 155 Å². The number of allylic oxidation sites excluding steroid dienone is 1. The van der Waals surface area contributed by atoms with Crippen LogP contribution in [0.3, 0.4) is 0 Å². The number of aromatic nitrogens is 1. The highest BCUT2D eigenvalue weighted by molar-refractivity contribution is 5.91. The smallest absolute Gasteiger partial charge is 0.239 e. The highest BCUT2D eigenvalue weighted by atomic mass is 16.5. The van der Waals surface area contributed by atoms with Crippen LogP contribution in [0.5, 0.6) is 0 Å². The number of amides is 1. The molecule has 1 aromatic heterocycles. The molecule has 0 radical (unpaired) electrons. The summed E-state index contributed by atoms with van der Waals surface area (Å²) in [5.41, 5.74) is 2.75. The van der Waals surface area contributed by atoms with Crippen LogP contribution in [-0.2, 0) is 11.3 Å². The van der Waals surface area contributed by atoms with E-state index in [0.29, 0.717) is 18.1 Å². The first-order valence-corrected chi connectivity index (χ1v) is 9.36. The standard InChI is InChI=1S/C21H27N3O2/c1-17-14-20(23-26-17)22-21(25)16-24(15-19-10-6-3-7-11-19)13-12-18-8-4-2-5-9-18/h3,6-8,10-11,14H,2,4-5,9,12-13,15-16H2,1H3,(H,22,23,25). The van der Waals surface area contributed by atoms with Crippen LogP contribution in [0.25, 0.3) is 0 Å². The van der Waals surface area contributed by atoms with Gasteiger partial charge in [-0.3, -0.25) is 9.69 Å². The molecule has 0 bridgehead atoms. The fourth-order valence-corrected chi connectivity index (χ4v) is 3.30. The first-order chi connectivity index (χ1) is 12.7. The molecule has 2 aromatic rings. The van der Waals surface area contributed by atoms with E-state index in [-0.39, 0.29) is 5.91 Å². The number of nitrogens with zero attached hydrogens (tertiary/aromatic N) is 2. The van der Waals surface area contributed by atoms with Gasteiger partial charge in [0, 0.05) is 19.2 Å². The Morgan fingerprint density at radius 3 is 2.81 bits per heavy atom. The maximum Gasteiger partial charge on any atom is 0.239 e. The van der Waals surface area contributed by atoms with Crippen molar-refractivity contribution in [2.45, 2.75) is 45.6 Å². The zero-order chi connectivity index (χ0) is 18.2. The maximum absolute atomic E-state index is 12.4. The normalized spacial score (nSPS) is 14.3. The molecule has 0 spiro atoms. The fourth-order valence-electron chi connectivity index (χ4n) is 3.30. The van der Waals surface area contributed by atoms with Crippen LogP contribution in [0.15, 0.2) is 52.6 Å². The molecular formula is C21H27N3O2. The van der Waals surface area contributed by atoms with E-state index < -0.39 is 0 Å². The molecule has 1 N–H and O–H groups in total. The first kappa shape index (κ1) is 18.4. The second-order valence-electron chi connectivity index (χ2n) is 6.93. The Morgan fingerprint density at radius 1 is 1.27 bits per heavy atom. The predicted molar refractivity (Wildman–Crippen MR) is 103 cm³/mol. The number of carbonyl (C=O) groups excluding carboxylic acids is 1. The molecule has 0 saturated heterocycles. The molecule has 1 heterocycles. The summed E-state index contributed by atoms with van der Waals surface area (Å²) in [5.74, 6) is 1.10. The molecule has 138 valence electrons. The first-order valence-electron chi connectivity index (χ1n) is 9.36. The van der Waals surface area contributed by atoms with Crippen LogP contribution in [0.2, 0.25) is 0 Å². The SMILES string of the molecule is Cc1cc(NC(=O)CN(CCC2=CCCCC2)Cc2ccccc2)no1. The molecule has 1 aliphatic carbocycles. The van der Waals surface area contributed by atoms with Crippen LogP contribution < -0.4 is 5.32 Å². The lowest BCUT2D eigenvalue weighted by molar-refractivity contribution is -0.117. The van der Waals surface area contributed by atoms with Crippen molar-refractivity contribution in [1.29, 1.82) is 0 Å². The minimum atomic E-state index is -0.0631. The number of benzene rings is 1. The van der Waals surface area contributed by atoms with Gasteiger partial charge in [-0.2, -0.15) is 0 Å². The van der Waals surface area contributed by atoms with Gasteiger partial charge in [0.2, 0.25) is 5.91 Å². The number of aryl methyl sites for hydroxylation is 1. The molecular weight excluding hydrogens is 326 g/mol. The molecule has 5 nitrogen and oxygen atoms in total. The van der Waals surface area contributed by atoms with Crippen molar-refractivity contribution in [3.8, 4) is 0 Å². The topological polar surface area (TPSA) is 58.4 Å². The second kappa shape index (κ2) is 9.34. The summed E-state index contributed by atoms with van der Waals surface area (Å²) >= 11 is 0. The minimum absolute atomic E-state index is 0.0631. The van der Waals surface area contributed by atoms with Crippen molar-refractivity contribution < 1.29 is 9.32 Å². The third-order valence-electron chi connectivity index (χ3n) is 4.65. The monoisotopic (exact) mass is 353 g/mol. The van der Waals surface area contributed by atoms with Crippen molar-refractivity contribution in [1.82, 2.24) is 10.1 Å². The van der Waals surface area contributed by atoms with Crippen LogP contribution in [-0.4, -0.2) is 29.1 Å². The van der Waals surface area contributed by atoms with Gasteiger partial charge in [0.1, 0.15) is 5.76 Å². The lowest BCUT2D eigenvalue weighted by Gasteiger charge is -2.23. The number of carbonyl (C=O) groups is 1. The Bertz CT molecular complexity index is 737. The summed E-state index contributed by atoms with van der Waals surface area (Å²) in [6, 6.07) is 12.0. The zero-order valence-electron chi connectivity index (χ0n) is 15.4. The average molecular weight is 353 g/mol. The van der Waals surface area contributed by atoms with Gasteiger partial charge in [0.15, 0.2) is 5.82 Å². The quantitative estimate of drug-likeness (QED) is 0.718. The molecule has 1 aromatic carbocycles. The van der Waals surface area contributed by atoms with Gasteiger partial charge in [-0.15, -0.1) is 0 Å². The molecule has 5 heteroatoms. The van der Waals surface area contributed by atoms with Gasteiger partial charge in [0.05, 0.1) is 6.54 Å². The van der Waals surface area contributed by atoms with Crippen molar-refractivity contribution in [3.63, 3.8) is 0 Å².